The molecule has 2 heterocycles. The quantitative estimate of drug-likeness (QED) is 0.896. The minimum atomic E-state index is -4.00. The summed E-state index contributed by atoms with van der Waals surface area (Å²) in [5.74, 6) is -0.898. The number of rotatable bonds is 4. The molecule has 2 aromatic rings. The molecule has 0 aromatic carbocycles. The van der Waals surface area contributed by atoms with Gasteiger partial charge in [0.2, 0.25) is 5.03 Å². The van der Waals surface area contributed by atoms with E-state index in [1.54, 1.807) is 6.92 Å². The SMILES string of the molecule is Cc1cnc(CNS(=O)(=O)c2ncccc2F)cn1. The van der Waals surface area contributed by atoms with Crippen LogP contribution in [0.15, 0.2) is 35.7 Å². The summed E-state index contributed by atoms with van der Waals surface area (Å²) in [5.41, 5.74) is 1.16. The minimum Gasteiger partial charge on any atom is -0.258 e. The zero-order valence-corrected chi connectivity index (χ0v) is 10.9. The molecule has 8 heteroatoms. The van der Waals surface area contributed by atoms with Crippen LogP contribution in [0.2, 0.25) is 0 Å². The molecule has 1 N–H and O–H groups in total. The van der Waals surface area contributed by atoms with Gasteiger partial charge in [-0.1, -0.05) is 0 Å². The maximum absolute atomic E-state index is 13.4. The predicted octanol–water partition coefficient (Wildman–Crippen LogP) is 0.798. The Kier molecular flexibility index (Phi) is 3.82. The van der Waals surface area contributed by atoms with Crippen LogP contribution in [0.25, 0.3) is 0 Å². The third-order valence-electron chi connectivity index (χ3n) is 2.26. The minimum absolute atomic E-state index is 0.0778. The average Bonchev–Trinajstić information content (AvgIpc) is 2.38. The lowest BCUT2D eigenvalue weighted by atomic mass is 10.4. The Hall–Kier alpha value is -1.93. The van der Waals surface area contributed by atoms with Crippen molar-refractivity contribution in [3.05, 3.63) is 47.9 Å². The van der Waals surface area contributed by atoms with E-state index in [0.717, 1.165) is 11.8 Å². The van der Waals surface area contributed by atoms with Gasteiger partial charge in [0.05, 0.1) is 24.1 Å². The molecule has 0 radical (unpaired) electrons. The van der Waals surface area contributed by atoms with Crippen LogP contribution < -0.4 is 4.72 Å². The number of halogens is 1. The van der Waals surface area contributed by atoms with E-state index in [-0.39, 0.29) is 6.54 Å². The zero-order chi connectivity index (χ0) is 13.9. The van der Waals surface area contributed by atoms with Crippen molar-refractivity contribution < 1.29 is 12.8 Å². The van der Waals surface area contributed by atoms with Gasteiger partial charge in [-0.25, -0.2) is 22.5 Å². The highest BCUT2D eigenvalue weighted by atomic mass is 32.2. The predicted molar refractivity (Wildman–Crippen MR) is 65.0 cm³/mol. The van der Waals surface area contributed by atoms with Crippen molar-refractivity contribution in [1.82, 2.24) is 19.7 Å². The van der Waals surface area contributed by atoms with Gasteiger partial charge in [-0.2, -0.15) is 0 Å². The molecular formula is C11H11FN4O2S. The lowest BCUT2D eigenvalue weighted by Crippen LogP contribution is -2.25. The molecule has 0 atom stereocenters. The molecule has 0 aliphatic carbocycles. The smallest absolute Gasteiger partial charge is 0.258 e. The van der Waals surface area contributed by atoms with Crippen LogP contribution in [0.3, 0.4) is 0 Å². The molecule has 2 aromatic heterocycles. The number of nitrogens with one attached hydrogen (secondary N) is 1. The zero-order valence-electron chi connectivity index (χ0n) is 10.0. The molecule has 100 valence electrons. The fraction of sp³-hybridized carbons (Fsp3) is 0.182. The Morgan fingerprint density at radius 2 is 2.05 bits per heavy atom. The fourth-order valence-corrected chi connectivity index (χ4v) is 2.32. The monoisotopic (exact) mass is 282 g/mol. The van der Waals surface area contributed by atoms with Gasteiger partial charge < -0.3 is 0 Å². The van der Waals surface area contributed by atoms with E-state index in [2.05, 4.69) is 19.7 Å². The lowest BCUT2D eigenvalue weighted by molar-refractivity contribution is 0.544. The van der Waals surface area contributed by atoms with Crippen molar-refractivity contribution in [2.75, 3.05) is 0 Å². The molecule has 0 aliphatic rings. The first-order chi connectivity index (χ1) is 8.99. The second-order valence-electron chi connectivity index (χ2n) is 3.76. The molecular weight excluding hydrogens is 271 g/mol. The van der Waals surface area contributed by atoms with Gasteiger partial charge in [-0.05, 0) is 19.1 Å². The highest BCUT2D eigenvalue weighted by Gasteiger charge is 2.20. The highest BCUT2D eigenvalue weighted by molar-refractivity contribution is 7.89. The van der Waals surface area contributed by atoms with Crippen LogP contribution in [0.5, 0.6) is 0 Å². The molecule has 0 fully saturated rings. The summed E-state index contributed by atoms with van der Waals surface area (Å²) in [5, 5.41) is -0.630. The molecule has 0 spiro atoms. The number of hydrogen-bond acceptors (Lipinski definition) is 5. The summed E-state index contributed by atoms with van der Waals surface area (Å²) < 4.78 is 39.2. The molecule has 0 saturated carbocycles. The Morgan fingerprint density at radius 3 is 2.68 bits per heavy atom. The number of nitrogens with zero attached hydrogens (tertiary/aromatic N) is 3. The number of hydrogen-bond donors (Lipinski definition) is 1. The number of aromatic nitrogens is 3. The number of pyridine rings is 1. The summed E-state index contributed by atoms with van der Waals surface area (Å²) in [6.45, 7) is 1.69. The summed E-state index contributed by atoms with van der Waals surface area (Å²) in [7, 11) is -4.00. The van der Waals surface area contributed by atoms with Gasteiger partial charge >= 0.3 is 0 Å². The molecule has 0 amide bonds. The molecule has 0 bridgehead atoms. The normalized spacial score (nSPS) is 11.5. The first-order valence-electron chi connectivity index (χ1n) is 5.37. The molecule has 0 aliphatic heterocycles. The molecule has 19 heavy (non-hydrogen) atoms. The van der Waals surface area contributed by atoms with Crippen LogP contribution in [0.4, 0.5) is 4.39 Å². The Bertz CT molecular complexity index is 673. The van der Waals surface area contributed by atoms with Gasteiger partial charge in [0, 0.05) is 12.4 Å². The first-order valence-corrected chi connectivity index (χ1v) is 6.85. The van der Waals surface area contributed by atoms with Crippen molar-refractivity contribution in [3.63, 3.8) is 0 Å². The summed E-state index contributed by atoms with van der Waals surface area (Å²) in [6.07, 6.45) is 4.18. The lowest BCUT2D eigenvalue weighted by Gasteiger charge is -2.06. The van der Waals surface area contributed by atoms with Crippen molar-refractivity contribution >= 4 is 10.0 Å². The second kappa shape index (κ2) is 5.37. The maximum atomic E-state index is 13.4. The van der Waals surface area contributed by atoms with Crippen molar-refractivity contribution in [2.45, 2.75) is 18.5 Å². The summed E-state index contributed by atoms with van der Waals surface area (Å²) >= 11 is 0. The van der Waals surface area contributed by atoms with Crippen molar-refractivity contribution in [1.29, 1.82) is 0 Å². The van der Waals surface area contributed by atoms with Crippen molar-refractivity contribution in [3.8, 4) is 0 Å². The largest absolute Gasteiger partial charge is 0.261 e. The first kappa shape index (κ1) is 13.5. The van der Waals surface area contributed by atoms with Crippen LogP contribution in [-0.4, -0.2) is 23.4 Å². The van der Waals surface area contributed by atoms with Gasteiger partial charge in [0.15, 0.2) is 5.82 Å². The molecule has 2 rings (SSSR count). The fourth-order valence-electron chi connectivity index (χ4n) is 1.32. The van der Waals surface area contributed by atoms with E-state index in [4.69, 9.17) is 0 Å². The molecule has 6 nitrogen and oxygen atoms in total. The van der Waals surface area contributed by atoms with E-state index < -0.39 is 20.9 Å². The summed E-state index contributed by atoms with van der Waals surface area (Å²) in [6, 6.07) is 2.35. The Balaban J connectivity index is 2.14. The van der Waals surface area contributed by atoms with Gasteiger partial charge in [-0.3, -0.25) is 9.97 Å². The Labute approximate surface area is 109 Å². The van der Waals surface area contributed by atoms with Gasteiger partial charge in [0.1, 0.15) is 0 Å². The van der Waals surface area contributed by atoms with E-state index in [0.29, 0.717) is 5.69 Å². The number of aryl methyl sites for hydroxylation is 1. The third kappa shape index (κ3) is 3.30. The van der Waals surface area contributed by atoms with E-state index in [9.17, 15) is 12.8 Å². The van der Waals surface area contributed by atoms with Crippen LogP contribution in [-0.2, 0) is 16.6 Å². The molecule has 0 unspecified atom stereocenters. The topological polar surface area (TPSA) is 84.8 Å². The van der Waals surface area contributed by atoms with Crippen LogP contribution >= 0.6 is 0 Å². The van der Waals surface area contributed by atoms with Crippen LogP contribution in [0.1, 0.15) is 11.4 Å². The maximum Gasteiger partial charge on any atom is 0.261 e. The molecule has 0 saturated heterocycles. The van der Waals surface area contributed by atoms with Crippen LogP contribution in [0, 0.1) is 12.7 Å². The van der Waals surface area contributed by atoms with Gasteiger partial charge in [0.25, 0.3) is 10.0 Å². The standard InChI is InChI=1S/C11H11FN4O2S/c1-8-5-15-9(6-14-8)7-16-19(17,18)11-10(12)3-2-4-13-11/h2-6,16H,7H2,1H3. The van der Waals surface area contributed by atoms with E-state index >= 15 is 0 Å². The Morgan fingerprint density at radius 1 is 1.26 bits per heavy atom. The second-order valence-corrected chi connectivity index (χ2v) is 5.45. The third-order valence-corrected chi connectivity index (χ3v) is 3.59. The summed E-state index contributed by atoms with van der Waals surface area (Å²) in [4.78, 5) is 11.5. The van der Waals surface area contributed by atoms with Gasteiger partial charge in [-0.15, -0.1) is 0 Å². The number of sulfonamides is 1. The van der Waals surface area contributed by atoms with E-state index in [1.807, 2.05) is 0 Å². The average molecular weight is 282 g/mol. The van der Waals surface area contributed by atoms with Crippen molar-refractivity contribution in [2.24, 2.45) is 0 Å². The van der Waals surface area contributed by atoms with E-state index in [1.165, 1.54) is 24.7 Å². The highest BCUT2D eigenvalue weighted by Crippen LogP contribution is 2.10.